The first kappa shape index (κ1) is 17.5. The van der Waals surface area contributed by atoms with Crippen molar-refractivity contribution >= 4 is 22.8 Å². The van der Waals surface area contributed by atoms with Crippen LogP contribution in [0.5, 0.6) is 0 Å². The van der Waals surface area contributed by atoms with Gasteiger partial charge in [-0.15, -0.1) is 0 Å². The molecular weight excluding hydrogens is 336 g/mol. The molecule has 0 saturated heterocycles. The van der Waals surface area contributed by atoms with Crippen LogP contribution in [-0.2, 0) is 17.9 Å². The molecule has 2 amide bonds. The summed E-state index contributed by atoms with van der Waals surface area (Å²) in [7, 11) is 0. The van der Waals surface area contributed by atoms with Gasteiger partial charge in [0.2, 0.25) is 0 Å². The molecular formula is C18H20N4O4. The minimum absolute atomic E-state index is 0.194. The third-order valence-corrected chi connectivity index (χ3v) is 4.09. The van der Waals surface area contributed by atoms with E-state index < -0.39 is 11.8 Å². The molecule has 0 aliphatic carbocycles. The van der Waals surface area contributed by atoms with Crippen molar-refractivity contribution in [1.82, 2.24) is 20.0 Å². The van der Waals surface area contributed by atoms with Crippen molar-refractivity contribution in [1.29, 1.82) is 0 Å². The zero-order valence-electron chi connectivity index (χ0n) is 14.6. The maximum atomic E-state index is 12.6. The van der Waals surface area contributed by atoms with E-state index in [9.17, 15) is 14.4 Å². The van der Waals surface area contributed by atoms with Crippen LogP contribution in [0.4, 0.5) is 0 Å². The summed E-state index contributed by atoms with van der Waals surface area (Å²) in [6.07, 6.45) is 2.20. The molecule has 0 bridgehead atoms. The Morgan fingerprint density at radius 2 is 1.77 bits per heavy atom. The SMILES string of the molecule is CCCn1c(=O)n(CC(=O)NNC(=O)c2ccoc2C)c2ccccc21. The van der Waals surface area contributed by atoms with Crippen molar-refractivity contribution in [2.75, 3.05) is 0 Å². The van der Waals surface area contributed by atoms with Crippen molar-refractivity contribution in [2.45, 2.75) is 33.4 Å². The molecule has 8 heteroatoms. The second-order valence-electron chi connectivity index (χ2n) is 5.90. The van der Waals surface area contributed by atoms with E-state index in [1.807, 2.05) is 25.1 Å². The number of fused-ring (bicyclic) bond motifs is 1. The number of hydrogen-bond acceptors (Lipinski definition) is 4. The predicted molar refractivity (Wildman–Crippen MR) is 95.5 cm³/mol. The molecule has 0 radical (unpaired) electrons. The summed E-state index contributed by atoms with van der Waals surface area (Å²) >= 11 is 0. The van der Waals surface area contributed by atoms with Gasteiger partial charge < -0.3 is 4.42 Å². The molecule has 26 heavy (non-hydrogen) atoms. The number of benzene rings is 1. The Kier molecular flexibility index (Phi) is 4.92. The number of rotatable bonds is 5. The Hall–Kier alpha value is -3.29. The number of carbonyl (C=O) groups excluding carboxylic acids is 2. The Morgan fingerprint density at radius 1 is 1.08 bits per heavy atom. The molecule has 0 unspecified atom stereocenters. The fourth-order valence-electron chi connectivity index (χ4n) is 2.86. The highest BCUT2D eigenvalue weighted by molar-refractivity contribution is 5.96. The number of hydrogen-bond donors (Lipinski definition) is 2. The van der Waals surface area contributed by atoms with E-state index in [4.69, 9.17) is 4.42 Å². The van der Waals surface area contributed by atoms with Gasteiger partial charge in [-0.25, -0.2) is 4.79 Å². The lowest BCUT2D eigenvalue weighted by atomic mass is 10.2. The van der Waals surface area contributed by atoms with Gasteiger partial charge in [0.25, 0.3) is 11.8 Å². The van der Waals surface area contributed by atoms with Crippen LogP contribution in [-0.4, -0.2) is 20.9 Å². The molecule has 2 aromatic heterocycles. The summed E-state index contributed by atoms with van der Waals surface area (Å²) in [5.74, 6) is -0.526. The third kappa shape index (κ3) is 3.26. The quantitative estimate of drug-likeness (QED) is 0.678. The molecule has 2 N–H and O–H groups in total. The summed E-state index contributed by atoms with van der Waals surface area (Å²) in [6, 6.07) is 8.83. The zero-order chi connectivity index (χ0) is 18.7. The summed E-state index contributed by atoms with van der Waals surface area (Å²) in [6.45, 7) is 4.02. The molecule has 3 rings (SSSR count). The van der Waals surface area contributed by atoms with Crippen molar-refractivity contribution in [3.05, 3.63) is 58.4 Å². The van der Waals surface area contributed by atoms with Gasteiger partial charge in [-0.3, -0.25) is 29.6 Å². The van der Waals surface area contributed by atoms with Crippen LogP contribution in [0.25, 0.3) is 11.0 Å². The zero-order valence-corrected chi connectivity index (χ0v) is 14.6. The number of aromatic nitrogens is 2. The van der Waals surface area contributed by atoms with Gasteiger partial charge in [0, 0.05) is 6.54 Å². The van der Waals surface area contributed by atoms with Crippen LogP contribution in [0.15, 0.2) is 45.8 Å². The van der Waals surface area contributed by atoms with E-state index >= 15 is 0 Å². The lowest BCUT2D eigenvalue weighted by molar-refractivity contribution is -0.122. The largest absolute Gasteiger partial charge is 0.469 e. The van der Waals surface area contributed by atoms with Gasteiger partial charge in [-0.1, -0.05) is 19.1 Å². The lowest BCUT2D eigenvalue weighted by Gasteiger charge is -2.07. The van der Waals surface area contributed by atoms with E-state index in [1.54, 1.807) is 17.6 Å². The smallest absolute Gasteiger partial charge is 0.329 e. The van der Waals surface area contributed by atoms with Gasteiger partial charge in [-0.2, -0.15) is 0 Å². The Balaban J connectivity index is 1.75. The highest BCUT2D eigenvalue weighted by Crippen LogP contribution is 2.13. The number of para-hydroxylation sites is 2. The molecule has 136 valence electrons. The van der Waals surface area contributed by atoms with Gasteiger partial charge >= 0.3 is 5.69 Å². The van der Waals surface area contributed by atoms with Crippen LogP contribution in [0.3, 0.4) is 0 Å². The van der Waals surface area contributed by atoms with Crippen molar-refractivity contribution in [2.24, 2.45) is 0 Å². The Morgan fingerprint density at radius 3 is 2.38 bits per heavy atom. The van der Waals surface area contributed by atoms with E-state index in [2.05, 4.69) is 10.9 Å². The number of nitrogens with one attached hydrogen (secondary N) is 2. The molecule has 0 atom stereocenters. The fraction of sp³-hybridized carbons (Fsp3) is 0.278. The Bertz CT molecular complexity index is 1010. The fourth-order valence-corrected chi connectivity index (χ4v) is 2.86. The summed E-state index contributed by atoms with van der Waals surface area (Å²) in [5.41, 5.74) is 6.20. The summed E-state index contributed by atoms with van der Waals surface area (Å²) in [4.78, 5) is 36.8. The average Bonchev–Trinajstić information content (AvgIpc) is 3.17. The molecule has 0 saturated carbocycles. The number of amides is 2. The molecule has 2 heterocycles. The van der Waals surface area contributed by atoms with E-state index in [0.29, 0.717) is 23.4 Å². The number of nitrogens with zero attached hydrogens (tertiary/aromatic N) is 2. The molecule has 3 aromatic rings. The first-order valence-corrected chi connectivity index (χ1v) is 8.34. The topological polar surface area (TPSA) is 98.3 Å². The monoisotopic (exact) mass is 356 g/mol. The molecule has 1 aromatic carbocycles. The molecule has 8 nitrogen and oxygen atoms in total. The molecule has 0 fully saturated rings. The highest BCUT2D eigenvalue weighted by atomic mass is 16.3. The van der Waals surface area contributed by atoms with Gasteiger partial charge in [0.1, 0.15) is 12.3 Å². The van der Waals surface area contributed by atoms with Crippen LogP contribution >= 0.6 is 0 Å². The van der Waals surface area contributed by atoms with Crippen molar-refractivity contribution in [3.63, 3.8) is 0 Å². The standard InChI is InChI=1S/C18H20N4O4/c1-3-9-21-14-6-4-5-7-15(14)22(18(21)25)11-16(23)19-20-17(24)13-8-10-26-12(13)2/h4-8,10H,3,9,11H2,1-2H3,(H,19,23)(H,20,24). The lowest BCUT2D eigenvalue weighted by Crippen LogP contribution is -2.44. The number of carbonyl (C=O) groups is 2. The molecule has 0 spiro atoms. The van der Waals surface area contributed by atoms with Gasteiger partial charge in [0.05, 0.1) is 22.9 Å². The first-order valence-electron chi connectivity index (χ1n) is 8.34. The van der Waals surface area contributed by atoms with Crippen LogP contribution in [0, 0.1) is 6.92 Å². The maximum Gasteiger partial charge on any atom is 0.329 e. The average molecular weight is 356 g/mol. The van der Waals surface area contributed by atoms with Crippen LogP contribution in [0.1, 0.15) is 29.5 Å². The first-order chi connectivity index (χ1) is 12.5. The molecule has 0 aliphatic heterocycles. The van der Waals surface area contributed by atoms with E-state index in [-0.39, 0.29) is 12.2 Å². The van der Waals surface area contributed by atoms with Crippen LogP contribution in [0.2, 0.25) is 0 Å². The maximum absolute atomic E-state index is 12.6. The normalized spacial score (nSPS) is 10.8. The highest BCUT2D eigenvalue weighted by Gasteiger charge is 2.16. The second kappa shape index (κ2) is 7.30. The number of furan rings is 1. The van der Waals surface area contributed by atoms with Gasteiger partial charge in [-0.05, 0) is 31.5 Å². The third-order valence-electron chi connectivity index (χ3n) is 4.09. The second-order valence-corrected chi connectivity index (χ2v) is 5.90. The van der Waals surface area contributed by atoms with Crippen molar-refractivity contribution < 1.29 is 14.0 Å². The summed E-state index contributed by atoms with van der Waals surface area (Å²) < 4.78 is 8.10. The van der Waals surface area contributed by atoms with Gasteiger partial charge in [0.15, 0.2) is 0 Å². The molecule has 0 aliphatic rings. The minimum Gasteiger partial charge on any atom is -0.469 e. The Labute approximate surface area is 149 Å². The van der Waals surface area contributed by atoms with E-state index in [1.165, 1.54) is 16.9 Å². The number of hydrazine groups is 1. The van der Waals surface area contributed by atoms with E-state index in [0.717, 1.165) is 11.9 Å². The van der Waals surface area contributed by atoms with Crippen LogP contribution < -0.4 is 16.5 Å². The van der Waals surface area contributed by atoms with Crippen molar-refractivity contribution in [3.8, 4) is 0 Å². The number of aryl methyl sites for hydroxylation is 2. The minimum atomic E-state index is -0.499. The summed E-state index contributed by atoms with van der Waals surface area (Å²) in [5, 5.41) is 0. The predicted octanol–water partition coefficient (Wildman–Crippen LogP) is 1.58. The number of imidazole rings is 1.